The Hall–Kier alpha value is -3.59. The lowest BCUT2D eigenvalue weighted by Crippen LogP contribution is -2.42. The van der Waals surface area contributed by atoms with Crippen LogP contribution in [0.15, 0.2) is 80.9 Å². The predicted octanol–water partition coefficient (Wildman–Crippen LogP) is 4.89. The summed E-state index contributed by atoms with van der Waals surface area (Å²) in [5.41, 5.74) is 1.97. The van der Waals surface area contributed by atoms with Gasteiger partial charge < -0.3 is 14.4 Å². The summed E-state index contributed by atoms with van der Waals surface area (Å²) in [5.74, 6) is -0.989. The van der Waals surface area contributed by atoms with Crippen LogP contribution in [0.5, 0.6) is 5.75 Å². The van der Waals surface area contributed by atoms with Crippen LogP contribution in [0.4, 0.5) is 5.69 Å². The van der Waals surface area contributed by atoms with Gasteiger partial charge in [0.25, 0.3) is 5.91 Å². The molecule has 2 aliphatic rings. The van der Waals surface area contributed by atoms with Gasteiger partial charge in [0, 0.05) is 17.3 Å². The molecule has 3 aromatic rings. The summed E-state index contributed by atoms with van der Waals surface area (Å²) in [4.78, 5) is 14.6. The molecule has 2 heterocycles. The summed E-state index contributed by atoms with van der Waals surface area (Å²) in [7, 11) is -2.64. The number of anilines is 1. The van der Waals surface area contributed by atoms with Gasteiger partial charge in [0.2, 0.25) is 9.84 Å². The fourth-order valence-electron chi connectivity index (χ4n) is 5.08. The third-order valence-electron chi connectivity index (χ3n) is 6.84. The van der Waals surface area contributed by atoms with E-state index in [4.69, 9.17) is 9.26 Å². The van der Waals surface area contributed by atoms with Crippen LogP contribution < -0.4 is 9.64 Å². The normalized spacial score (nSPS) is 19.4. The molecule has 0 radical (unpaired) electrons. The topological polar surface area (TPSA) is 110 Å². The third-order valence-corrected chi connectivity index (χ3v) is 8.74. The van der Waals surface area contributed by atoms with E-state index >= 15 is 0 Å². The average Bonchev–Trinajstić information content (AvgIpc) is 3.52. The Morgan fingerprint density at radius 2 is 1.69 bits per heavy atom. The molecule has 5 rings (SSSR count). The van der Waals surface area contributed by atoms with Crippen molar-refractivity contribution < 1.29 is 27.6 Å². The number of amides is 1. The van der Waals surface area contributed by atoms with Gasteiger partial charge in [-0.2, -0.15) is 0 Å². The molecule has 0 bridgehead atoms. The fourth-order valence-corrected chi connectivity index (χ4v) is 6.78. The molecule has 1 atom stereocenters. The highest BCUT2D eigenvalue weighted by Crippen LogP contribution is 2.43. The number of methoxy groups -OCH3 is 1. The number of carbonyl (C=O) groups is 1. The molecule has 2 aromatic carbocycles. The Labute approximate surface area is 203 Å². The number of aliphatic hydroxyl groups excluding tert-OH is 1. The van der Waals surface area contributed by atoms with Crippen molar-refractivity contribution in [1.29, 1.82) is 0 Å². The second kappa shape index (κ2) is 9.22. The molecule has 1 aromatic heterocycles. The lowest BCUT2D eigenvalue weighted by Gasteiger charge is -2.35. The Balaban J connectivity index is 1.58. The second-order valence-electron chi connectivity index (χ2n) is 8.84. The van der Waals surface area contributed by atoms with Crippen molar-refractivity contribution in [3.63, 3.8) is 0 Å². The van der Waals surface area contributed by atoms with E-state index in [1.54, 1.807) is 42.5 Å². The molecule has 35 heavy (non-hydrogen) atoms. The van der Waals surface area contributed by atoms with Gasteiger partial charge in [-0.15, -0.1) is 0 Å². The van der Waals surface area contributed by atoms with Crippen LogP contribution in [0, 0.1) is 5.92 Å². The highest BCUT2D eigenvalue weighted by atomic mass is 32.2. The average molecular weight is 495 g/mol. The van der Waals surface area contributed by atoms with Crippen LogP contribution in [0.3, 0.4) is 0 Å². The first-order valence-electron chi connectivity index (χ1n) is 11.6. The van der Waals surface area contributed by atoms with Crippen molar-refractivity contribution in [3.05, 3.63) is 71.5 Å². The number of hydrogen-bond donors (Lipinski definition) is 1. The van der Waals surface area contributed by atoms with Gasteiger partial charge in [-0.25, -0.2) is 8.42 Å². The molecule has 182 valence electrons. The molecule has 1 saturated carbocycles. The maximum atomic E-state index is 13.8. The van der Waals surface area contributed by atoms with E-state index in [2.05, 4.69) is 5.16 Å². The molecular formula is C26H26N2O6S. The van der Waals surface area contributed by atoms with Gasteiger partial charge >= 0.3 is 0 Å². The first-order chi connectivity index (χ1) is 16.9. The van der Waals surface area contributed by atoms with Gasteiger partial charge in [-0.1, -0.05) is 36.6 Å². The van der Waals surface area contributed by atoms with Crippen molar-refractivity contribution >= 4 is 21.4 Å². The maximum Gasteiger partial charge on any atom is 0.294 e. The van der Waals surface area contributed by atoms with Crippen molar-refractivity contribution in [3.8, 4) is 17.0 Å². The monoisotopic (exact) mass is 494 g/mol. The molecular weight excluding hydrogens is 468 g/mol. The lowest BCUT2D eigenvalue weighted by atomic mass is 9.83. The van der Waals surface area contributed by atoms with Crippen molar-refractivity contribution in [2.45, 2.75) is 43.0 Å². The van der Waals surface area contributed by atoms with Gasteiger partial charge in [0.15, 0.2) is 5.76 Å². The van der Waals surface area contributed by atoms with Crippen molar-refractivity contribution in [1.82, 2.24) is 5.16 Å². The number of rotatable bonds is 6. The van der Waals surface area contributed by atoms with E-state index in [0.717, 1.165) is 37.7 Å². The van der Waals surface area contributed by atoms with E-state index in [1.807, 2.05) is 0 Å². The number of ether oxygens (including phenoxy) is 1. The zero-order chi connectivity index (χ0) is 24.6. The first kappa shape index (κ1) is 23.2. The Morgan fingerprint density at radius 3 is 2.29 bits per heavy atom. The Kier molecular flexibility index (Phi) is 6.10. The zero-order valence-electron chi connectivity index (χ0n) is 19.3. The standard InChI is InChI=1S/C26H26N2O6S/c1-33-20-11-13-21(14-12-20)35(31,32)25-23(18-5-3-2-4-6-18)28(26(30)24(25)29)19-9-7-17(8-10-19)22-15-16-34-27-22/h7-16,18,23,29H,2-6H2,1H3. The number of aromatic nitrogens is 1. The number of hydrogen-bond acceptors (Lipinski definition) is 7. The smallest absolute Gasteiger partial charge is 0.294 e. The molecule has 0 spiro atoms. The molecule has 1 aliphatic carbocycles. The minimum atomic E-state index is -4.14. The maximum absolute atomic E-state index is 13.8. The second-order valence-corrected chi connectivity index (χ2v) is 10.8. The molecule has 9 heteroatoms. The van der Waals surface area contributed by atoms with Gasteiger partial charge in [-0.3, -0.25) is 9.69 Å². The summed E-state index contributed by atoms with van der Waals surface area (Å²) in [6.45, 7) is 0. The summed E-state index contributed by atoms with van der Waals surface area (Å²) in [6, 6.07) is 14.0. The van der Waals surface area contributed by atoms with E-state index in [9.17, 15) is 18.3 Å². The quantitative estimate of drug-likeness (QED) is 0.519. The highest BCUT2D eigenvalue weighted by Gasteiger charge is 2.50. The molecule has 1 amide bonds. The minimum absolute atomic E-state index is 0.0108. The van der Waals surface area contributed by atoms with Crippen molar-refractivity contribution in [2.75, 3.05) is 12.0 Å². The van der Waals surface area contributed by atoms with Crippen LogP contribution in [-0.2, 0) is 14.6 Å². The van der Waals surface area contributed by atoms with E-state index in [0.29, 0.717) is 17.1 Å². The number of benzene rings is 2. The summed E-state index contributed by atoms with van der Waals surface area (Å²) < 4.78 is 37.6. The molecule has 1 fully saturated rings. The first-order valence-corrected chi connectivity index (χ1v) is 13.1. The SMILES string of the molecule is COc1ccc(S(=O)(=O)C2=C(O)C(=O)N(c3ccc(-c4ccon4)cc3)C2C2CCCCC2)cc1. The Morgan fingerprint density at radius 1 is 1.00 bits per heavy atom. The number of nitrogens with zero attached hydrogens (tertiary/aromatic N) is 2. The molecule has 1 aliphatic heterocycles. The summed E-state index contributed by atoms with van der Waals surface area (Å²) in [6.07, 6.45) is 6.00. The number of sulfone groups is 1. The Bertz CT molecular complexity index is 1340. The summed E-state index contributed by atoms with van der Waals surface area (Å²) in [5, 5.41) is 14.9. The van der Waals surface area contributed by atoms with Crippen molar-refractivity contribution in [2.24, 2.45) is 5.92 Å². The molecule has 0 saturated heterocycles. The van der Waals surface area contributed by atoms with Gasteiger partial charge in [0.05, 0.1) is 18.0 Å². The lowest BCUT2D eigenvalue weighted by molar-refractivity contribution is -0.117. The molecule has 1 unspecified atom stereocenters. The predicted molar refractivity (Wildman–Crippen MR) is 130 cm³/mol. The largest absolute Gasteiger partial charge is 0.502 e. The van der Waals surface area contributed by atoms with Gasteiger partial charge in [0.1, 0.15) is 22.6 Å². The minimum Gasteiger partial charge on any atom is -0.502 e. The van der Waals surface area contributed by atoms with E-state index in [-0.39, 0.29) is 15.7 Å². The molecule has 1 N–H and O–H groups in total. The third kappa shape index (κ3) is 4.10. The van der Waals surface area contributed by atoms with E-state index in [1.165, 1.54) is 30.4 Å². The zero-order valence-corrected chi connectivity index (χ0v) is 20.1. The van der Waals surface area contributed by atoms with Crippen LogP contribution in [-0.4, -0.2) is 37.7 Å². The fraction of sp³-hybridized carbons (Fsp3) is 0.308. The van der Waals surface area contributed by atoms with Gasteiger partial charge in [-0.05, 0) is 55.2 Å². The van der Waals surface area contributed by atoms with Crippen LogP contribution in [0.25, 0.3) is 11.3 Å². The van der Waals surface area contributed by atoms with Crippen LogP contribution in [0.2, 0.25) is 0 Å². The highest BCUT2D eigenvalue weighted by molar-refractivity contribution is 7.95. The summed E-state index contributed by atoms with van der Waals surface area (Å²) >= 11 is 0. The van der Waals surface area contributed by atoms with Crippen LogP contribution >= 0.6 is 0 Å². The number of carbonyl (C=O) groups excluding carboxylic acids is 1. The van der Waals surface area contributed by atoms with E-state index < -0.39 is 27.5 Å². The van der Waals surface area contributed by atoms with Crippen LogP contribution in [0.1, 0.15) is 32.1 Å². The molecule has 8 nitrogen and oxygen atoms in total. The number of aliphatic hydroxyl groups is 1.